The molecule has 1 atom stereocenters. The Morgan fingerprint density at radius 3 is 2.62 bits per heavy atom. The van der Waals surface area contributed by atoms with Crippen LogP contribution in [0.15, 0.2) is 53.1 Å². The van der Waals surface area contributed by atoms with E-state index in [1.807, 2.05) is 36.7 Å². The highest BCUT2D eigenvalue weighted by Gasteiger charge is 2.16. The van der Waals surface area contributed by atoms with Crippen molar-refractivity contribution in [2.45, 2.75) is 46.5 Å². The van der Waals surface area contributed by atoms with Crippen molar-refractivity contribution in [3.63, 3.8) is 0 Å². The second-order valence-electron chi connectivity index (χ2n) is 7.00. The monoisotopic (exact) mass is 353 g/mol. The van der Waals surface area contributed by atoms with Gasteiger partial charge in [0.15, 0.2) is 0 Å². The molecule has 3 rings (SSSR count). The SMILES string of the molecule is Cc1cccc(CN(Cc2ccco2)C[C@H](O)Cn2nc(C)cc2C)c1. The molecule has 5 nitrogen and oxygen atoms in total. The standard InChI is InChI=1S/C21H27N3O2/c1-16-6-4-7-19(10-16)12-23(15-21-8-5-9-26-21)13-20(25)14-24-18(3)11-17(2)22-24/h4-11,20,25H,12-15H2,1-3H3/t20-/m0/s1. The van der Waals surface area contributed by atoms with Gasteiger partial charge in [-0.2, -0.15) is 5.10 Å². The molecule has 26 heavy (non-hydrogen) atoms. The van der Waals surface area contributed by atoms with Crippen LogP contribution in [0, 0.1) is 20.8 Å². The first-order chi connectivity index (χ1) is 12.5. The van der Waals surface area contributed by atoms with E-state index in [0.717, 1.165) is 23.7 Å². The largest absolute Gasteiger partial charge is 0.468 e. The summed E-state index contributed by atoms with van der Waals surface area (Å²) in [5.74, 6) is 0.899. The third-order valence-corrected chi connectivity index (χ3v) is 4.40. The highest BCUT2D eigenvalue weighted by atomic mass is 16.3. The highest BCUT2D eigenvalue weighted by Crippen LogP contribution is 2.13. The van der Waals surface area contributed by atoms with Gasteiger partial charge in [0, 0.05) is 18.8 Å². The van der Waals surface area contributed by atoms with Gasteiger partial charge in [0.2, 0.25) is 0 Å². The van der Waals surface area contributed by atoms with E-state index in [1.165, 1.54) is 11.1 Å². The van der Waals surface area contributed by atoms with Crippen LogP contribution in [-0.4, -0.2) is 32.4 Å². The van der Waals surface area contributed by atoms with Crippen LogP contribution >= 0.6 is 0 Å². The van der Waals surface area contributed by atoms with Crippen LogP contribution in [0.3, 0.4) is 0 Å². The molecule has 0 amide bonds. The molecule has 0 spiro atoms. The molecule has 0 unspecified atom stereocenters. The van der Waals surface area contributed by atoms with Crippen LogP contribution in [0.5, 0.6) is 0 Å². The normalized spacial score (nSPS) is 12.7. The first-order valence-electron chi connectivity index (χ1n) is 8.99. The smallest absolute Gasteiger partial charge is 0.117 e. The Morgan fingerprint density at radius 2 is 1.96 bits per heavy atom. The molecular formula is C21H27N3O2. The second-order valence-corrected chi connectivity index (χ2v) is 7.00. The van der Waals surface area contributed by atoms with Gasteiger partial charge >= 0.3 is 0 Å². The van der Waals surface area contributed by atoms with E-state index >= 15 is 0 Å². The number of benzene rings is 1. The number of furan rings is 1. The van der Waals surface area contributed by atoms with E-state index in [-0.39, 0.29) is 0 Å². The highest BCUT2D eigenvalue weighted by molar-refractivity contribution is 5.22. The number of aryl methyl sites for hydroxylation is 3. The van der Waals surface area contributed by atoms with Crippen LogP contribution in [0.1, 0.15) is 28.3 Å². The summed E-state index contributed by atoms with van der Waals surface area (Å²) in [5.41, 5.74) is 4.51. The predicted octanol–water partition coefficient (Wildman–Crippen LogP) is 3.46. The van der Waals surface area contributed by atoms with E-state index in [9.17, 15) is 5.11 Å². The zero-order chi connectivity index (χ0) is 18.5. The number of aliphatic hydroxyl groups excluding tert-OH is 1. The zero-order valence-electron chi connectivity index (χ0n) is 15.7. The molecule has 0 aliphatic rings. The van der Waals surface area contributed by atoms with Gasteiger partial charge in [-0.1, -0.05) is 29.8 Å². The van der Waals surface area contributed by atoms with Crippen LogP contribution in [0.25, 0.3) is 0 Å². The van der Waals surface area contributed by atoms with E-state index in [1.54, 1.807) is 6.26 Å². The van der Waals surface area contributed by atoms with Crippen molar-refractivity contribution in [2.75, 3.05) is 6.54 Å². The van der Waals surface area contributed by atoms with Crippen molar-refractivity contribution in [3.05, 3.63) is 77.0 Å². The molecule has 0 aliphatic carbocycles. The minimum absolute atomic E-state index is 0.488. The third kappa shape index (κ3) is 5.07. The maximum Gasteiger partial charge on any atom is 0.117 e. The number of rotatable bonds is 8. The van der Waals surface area contributed by atoms with Gasteiger partial charge in [0.05, 0.1) is 31.2 Å². The third-order valence-electron chi connectivity index (χ3n) is 4.40. The fraction of sp³-hybridized carbons (Fsp3) is 0.381. The molecule has 0 saturated heterocycles. The average Bonchev–Trinajstić information content (AvgIpc) is 3.17. The number of aliphatic hydroxyl groups is 1. The van der Waals surface area contributed by atoms with Crippen LogP contribution in [-0.2, 0) is 19.6 Å². The minimum atomic E-state index is -0.507. The van der Waals surface area contributed by atoms with Crippen molar-refractivity contribution in [1.29, 1.82) is 0 Å². The lowest BCUT2D eigenvalue weighted by Crippen LogP contribution is -2.34. The van der Waals surface area contributed by atoms with Gasteiger partial charge in [-0.05, 0) is 44.5 Å². The van der Waals surface area contributed by atoms with Crippen molar-refractivity contribution >= 4 is 0 Å². The quantitative estimate of drug-likeness (QED) is 0.674. The summed E-state index contributed by atoms with van der Waals surface area (Å²) in [4.78, 5) is 2.21. The summed E-state index contributed by atoms with van der Waals surface area (Å²) < 4.78 is 7.38. The Morgan fingerprint density at radius 1 is 1.12 bits per heavy atom. The maximum absolute atomic E-state index is 10.6. The number of hydrogen-bond donors (Lipinski definition) is 1. The first-order valence-corrected chi connectivity index (χ1v) is 8.99. The molecular weight excluding hydrogens is 326 g/mol. The Hall–Kier alpha value is -2.37. The number of nitrogens with zero attached hydrogens (tertiary/aromatic N) is 3. The van der Waals surface area contributed by atoms with Gasteiger partial charge < -0.3 is 9.52 Å². The molecule has 0 bridgehead atoms. The van der Waals surface area contributed by atoms with Crippen molar-refractivity contribution in [1.82, 2.24) is 14.7 Å². The molecule has 3 aromatic rings. The van der Waals surface area contributed by atoms with Crippen molar-refractivity contribution in [2.24, 2.45) is 0 Å². The number of hydrogen-bond acceptors (Lipinski definition) is 4. The Bertz CT molecular complexity index is 824. The van der Waals surface area contributed by atoms with E-state index in [2.05, 4.69) is 41.2 Å². The Kier molecular flexibility index (Phi) is 5.91. The van der Waals surface area contributed by atoms with Gasteiger partial charge in [-0.25, -0.2) is 0 Å². The average molecular weight is 353 g/mol. The molecule has 0 aliphatic heterocycles. The van der Waals surface area contributed by atoms with Gasteiger partial charge in [-0.15, -0.1) is 0 Å². The zero-order valence-corrected chi connectivity index (χ0v) is 15.7. The van der Waals surface area contributed by atoms with Gasteiger partial charge in [-0.3, -0.25) is 9.58 Å². The lowest BCUT2D eigenvalue weighted by molar-refractivity contribution is 0.0839. The second kappa shape index (κ2) is 8.34. The molecule has 2 heterocycles. The fourth-order valence-corrected chi connectivity index (χ4v) is 3.29. The summed E-state index contributed by atoms with van der Waals surface area (Å²) in [7, 11) is 0. The molecule has 0 radical (unpaired) electrons. The fourth-order valence-electron chi connectivity index (χ4n) is 3.29. The lowest BCUT2D eigenvalue weighted by atomic mass is 10.1. The maximum atomic E-state index is 10.6. The summed E-state index contributed by atoms with van der Waals surface area (Å²) in [6.45, 7) is 8.54. The van der Waals surface area contributed by atoms with E-state index in [4.69, 9.17) is 4.42 Å². The lowest BCUT2D eigenvalue weighted by Gasteiger charge is -2.25. The predicted molar refractivity (Wildman–Crippen MR) is 102 cm³/mol. The Labute approximate surface area is 154 Å². The van der Waals surface area contributed by atoms with E-state index < -0.39 is 6.10 Å². The molecule has 0 saturated carbocycles. The molecule has 1 N–H and O–H groups in total. The summed E-state index contributed by atoms with van der Waals surface area (Å²) >= 11 is 0. The molecule has 0 fully saturated rings. The Balaban J connectivity index is 1.68. The van der Waals surface area contributed by atoms with Crippen LogP contribution in [0.4, 0.5) is 0 Å². The summed E-state index contributed by atoms with van der Waals surface area (Å²) in [5, 5.41) is 15.1. The molecule has 138 valence electrons. The first kappa shape index (κ1) is 18.4. The topological polar surface area (TPSA) is 54.4 Å². The van der Waals surface area contributed by atoms with Crippen molar-refractivity contribution in [3.8, 4) is 0 Å². The molecule has 2 aromatic heterocycles. The summed E-state index contributed by atoms with van der Waals surface area (Å²) in [6, 6.07) is 14.4. The van der Waals surface area contributed by atoms with Crippen molar-refractivity contribution < 1.29 is 9.52 Å². The minimum Gasteiger partial charge on any atom is -0.468 e. The van der Waals surface area contributed by atoms with Gasteiger partial charge in [0.25, 0.3) is 0 Å². The molecule has 5 heteroatoms. The van der Waals surface area contributed by atoms with E-state index in [0.29, 0.717) is 19.6 Å². The number of aromatic nitrogens is 2. The van der Waals surface area contributed by atoms with Gasteiger partial charge in [0.1, 0.15) is 5.76 Å². The van der Waals surface area contributed by atoms with Crippen LogP contribution in [0.2, 0.25) is 0 Å². The molecule has 1 aromatic carbocycles. The van der Waals surface area contributed by atoms with Crippen LogP contribution < -0.4 is 0 Å². The summed E-state index contributed by atoms with van der Waals surface area (Å²) in [6.07, 6.45) is 1.18.